The summed E-state index contributed by atoms with van der Waals surface area (Å²) in [7, 11) is 0. The van der Waals surface area contributed by atoms with E-state index in [2.05, 4.69) is 24.1 Å². The van der Waals surface area contributed by atoms with Crippen LogP contribution < -0.4 is 5.32 Å². The van der Waals surface area contributed by atoms with Crippen LogP contribution in [0, 0.1) is 5.92 Å². The minimum Gasteiger partial charge on any atom is -0.394 e. The van der Waals surface area contributed by atoms with Crippen LogP contribution in [0.2, 0.25) is 0 Å². The molecule has 0 amide bonds. The van der Waals surface area contributed by atoms with Crippen molar-refractivity contribution in [3.63, 3.8) is 0 Å². The predicted molar refractivity (Wildman–Crippen MR) is 75.7 cm³/mol. The highest BCUT2D eigenvalue weighted by molar-refractivity contribution is 4.92. The number of aliphatic hydroxyl groups excluding tert-OH is 1. The van der Waals surface area contributed by atoms with E-state index in [0.717, 1.165) is 18.9 Å². The van der Waals surface area contributed by atoms with E-state index in [1.54, 1.807) is 0 Å². The molecule has 3 heteroatoms. The molecule has 2 N–H and O–H groups in total. The molecular formula is C15H30N2O. The van der Waals surface area contributed by atoms with Gasteiger partial charge in [0.25, 0.3) is 0 Å². The monoisotopic (exact) mass is 254 g/mol. The lowest BCUT2D eigenvalue weighted by molar-refractivity contribution is 0.144. The van der Waals surface area contributed by atoms with E-state index in [4.69, 9.17) is 0 Å². The van der Waals surface area contributed by atoms with Crippen molar-refractivity contribution >= 4 is 0 Å². The molecule has 2 atom stereocenters. The van der Waals surface area contributed by atoms with Gasteiger partial charge in [0.1, 0.15) is 0 Å². The van der Waals surface area contributed by atoms with Crippen LogP contribution in [-0.4, -0.2) is 47.8 Å². The molecular weight excluding hydrogens is 224 g/mol. The molecule has 0 spiro atoms. The maximum absolute atomic E-state index is 9.61. The minimum atomic E-state index is -0.0704. The number of rotatable bonds is 6. The molecule has 0 radical (unpaired) electrons. The molecule has 2 rings (SSSR count). The molecule has 2 fully saturated rings. The molecule has 0 aromatic carbocycles. The number of nitrogens with zero attached hydrogens (tertiary/aromatic N) is 1. The Morgan fingerprint density at radius 2 is 2.00 bits per heavy atom. The average Bonchev–Trinajstić information content (AvgIpc) is 3.16. The van der Waals surface area contributed by atoms with Gasteiger partial charge in [-0.1, -0.05) is 6.92 Å². The molecule has 18 heavy (non-hydrogen) atoms. The SMILES string of the molecule is CC1CCCN(CCC(C)(CO)NC2CC2)CC1. The summed E-state index contributed by atoms with van der Waals surface area (Å²) >= 11 is 0. The van der Waals surface area contributed by atoms with Crippen LogP contribution >= 0.6 is 0 Å². The highest BCUT2D eigenvalue weighted by Crippen LogP contribution is 2.24. The lowest BCUT2D eigenvalue weighted by atomic mass is 9.98. The molecule has 2 aliphatic rings. The lowest BCUT2D eigenvalue weighted by Crippen LogP contribution is -2.49. The third-order valence-corrected chi connectivity index (χ3v) is 4.57. The fourth-order valence-corrected chi connectivity index (χ4v) is 2.87. The van der Waals surface area contributed by atoms with Crippen molar-refractivity contribution in [1.29, 1.82) is 0 Å². The minimum absolute atomic E-state index is 0.0704. The van der Waals surface area contributed by atoms with Gasteiger partial charge < -0.3 is 15.3 Å². The van der Waals surface area contributed by atoms with Gasteiger partial charge in [-0.25, -0.2) is 0 Å². The van der Waals surface area contributed by atoms with Gasteiger partial charge in [-0.05, 0) is 71.0 Å². The zero-order valence-corrected chi connectivity index (χ0v) is 12.1. The van der Waals surface area contributed by atoms with Gasteiger partial charge in [0.05, 0.1) is 6.61 Å². The van der Waals surface area contributed by atoms with E-state index in [-0.39, 0.29) is 12.1 Å². The van der Waals surface area contributed by atoms with Crippen LogP contribution in [0.5, 0.6) is 0 Å². The normalized spacial score (nSPS) is 29.8. The van der Waals surface area contributed by atoms with Gasteiger partial charge in [0.2, 0.25) is 0 Å². The van der Waals surface area contributed by atoms with Crippen molar-refractivity contribution in [3.05, 3.63) is 0 Å². The fraction of sp³-hybridized carbons (Fsp3) is 1.00. The Balaban J connectivity index is 1.74. The van der Waals surface area contributed by atoms with Gasteiger partial charge in [0.15, 0.2) is 0 Å². The van der Waals surface area contributed by atoms with Crippen LogP contribution in [-0.2, 0) is 0 Å². The molecule has 1 saturated heterocycles. The van der Waals surface area contributed by atoms with Crippen molar-refractivity contribution in [2.45, 2.75) is 64.0 Å². The average molecular weight is 254 g/mol. The highest BCUT2D eigenvalue weighted by Gasteiger charge is 2.32. The van der Waals surface area contributed by atoms with E-state index in [1.165, 1.54) is 45.2 Å². The van der Waals surface area contributed by atoms with Crippen molar-refractivity contribution in [1.82, 2.24) is 10.2 Å². The molecule has 1 aliphatic carbocycles. The quantitative estimate of drug-likeness (QED) is 0.761. The largest absolute Gasteiger partial charge is 0.394 e. The zero-order valence-electron chi connectivity index (χ0n) is 12.1. The van der Waals surface area contributed by atoms with Gasteiger partial charge in [-0.15, -0.1) is 0 Å². The molecule has 0 aromatic rings. The summed E-state index contributed by atoms with van der Waals surface area (Å²) in [5.74, 6) is 0.892. The number of aliphatic hydroxyl groups is 1. The van der Waals surface area contributed by atoms with Crippen LogP contribution in [0.15, 0.2) is 0 Å². The first-order valence-electron chi connectivity index (χ1n) is 7.72. The molecule has 1 saturated carbocycles. The van der Waals surface area contributed by atoms with Crippen molar-refractivity contribution < 1.29 is 5.11 Å². The Kier molecular flexibility index (Phi) is 5.05. The molecule has 0 aromatic heterocycles. The smallest absolute Gasteiger partial charge is 0.0611 e. The van der Waals surface area contributed by atoms with E-state index in [9.17, 15) is 5.11 Å². The Bertz CT molecular complexity index is 255. The Morgan fingerprint density at radius 3 is 2.67 bits per heavy atom. The second-order valence-electron chi connectivity index (χ2n) is 6.77. The molecule has 2 unspecified atom stereocenters. The molecule has 0 bridgehead atoms. The Labute approximate surface area is 112 Å². The van der Waals surface area contributed by atoms with Crippen LogP contribution in [0.25, 0.3) is 0 Å². The number of hydrogen-bond acceptors (Lipinski definition) is 3. The van der Waals surface area contributed by atoms with E-state index >= 15 is 0 Å². The van der Waals surface area contributed by atoms with Crippen molar-refractivity contribution in [3.8, 4) is 0 Å². The summed E-state index contributed by atoms with van der Waals surface area (Å²) in [6.45, 7) is 8.42. The van der Waals surface area contributed by atoms with E-state index in [1.807, 2.05) is 0 Å². The van der Waals surface area contributed by atoms with Crippen molar-refractivity contribution in [2.24, 2.45) is 5.92 Å². The zero-order chi connectivity index (χ0) is 13.0. The molecule has 3 nitrogen and oxygen atoms in total. The summed E-state index contributed by atoms with van der Waals surface area (Å²) in [5, 5.41) is 13.2. The van der Waals surface area contributed by atoms with Gasteiger partial charge in [-0.2, -0.15) is 0 Å². The van der Waals surface area contributed by atoms with Crippen LogP contribution in [0.4, 0.5) is 0 Å². The van der Waals surface area contributed by atoms with Gasteiger partial charge in [-0.3, -0.25) is 0 Å². The Morgan fingerprint density at radius 1 is 1.22 bits per heavy atom. The summed E-state index contributed by atoms with van der Waals surface area (Å²) in [4.78, 5) is 2.59. The number of nitrogens with one attached hydrogen (secondary N) is 1. The summed E-state index contributed by atoms with van der Waals surface area (Å²) in [6, 6.07) is 0.673. The third kappa shape index (κ3) is 4.52. The third-order valence-electron chi connectivity index (χ3n) is 4.57. The number of likely N-dealkylation sites (tertiary alicyclic amines) is 1. The van der Waals surface area contributed by atoms with Crippen LogP contribution in [0.3, 0.4) is 0 Å². The van der Waals surface area contributed by atoms with Gasteiger partial charge >= 0.3 is 0 Å². The predicted octanol–water partition coefficient (Wildman–Crippen LogP) is 2.00. The maximum atomic E-state index is 9.61. The highest BCUT2D eigenvalue weighted by atomic mass is 16.3. The standard InChI is InChI=1S/C15H30N2O/c1-13-4-3-9-17(10-7-13)11-8-15(2,12-18)16-14-5-6-14/h13-14,16,18H,3-12H2,1-2H3. The topological polar surface area (TPSA) is 35.5 Å². The maximum Gasteiger partial charge on any atom is 0.0611 e. The second kappa shape index (κ2) is 6.36. The first kappa shape index (κ1) is 14.3. The summed E-state index contributed by atoms with van der Waals surface area (Å²) < 4.78 is 0. The number of hydrogen-bond donors (Lipinski definition) is 2. The fourth-order valence-electron chi connectivity index (χ4n) is 2.87. The first-order valence-corrected chi connectivity index (χ1v) is 7.72. The van der Waals surface area contributed by atoms with E-state index < -0.39 is 0 Å². The first-order chi connectivity index (χ1) is 8.61. The van der Waals surface area contributed by atoms with Crippen LogP contribution in [0.1, 0.15) is 52.4 Å². The summed E-state index contributed by atoms with van der Waals surface area (Å²) in [6.07, 6.45) is 7.70. The summed E-state index contributed by atoms with van der Waals surface area (Å²) in [5.41, 5.74) is -0.0704. The Hall–Kier alpha value is -0.120. The second-order valence-corrected chi connectivity index (χ2v) is 6.77. The molecule has 1 heterocycles. The lowest BCUT2D eigenvalue weighted by Gasteiger charge is -2.32. The molecule has 1 aliphatic heterocycles. The van der Waals surface area contributed by atoms with Crippen molar-refractivity contribution in [2.75, 3.05) is 26.2 Å². The van der Waals surface area contributed by atoms with E-state index in [0.29, 0.717) is 6.04 Å². The van der Waals surface area contributed by atoms with Gasteiger partial charge in [0, 0.05) is 11.6 Å². The molecule has 106 valence electrons.